The standard InChI is InChI=1S/C16H23N3/c1-12-6-5-7-14(8-12)15(11-17-3)10-16-9-13(2)18-19(16)4/h5-9,15,17H,10-11H2,1-4H3. The Balaban J connectivity index is 2.23. The zero-order chi connectivity index (χ0) is 13.8. The van der Waals surface area contributed by atoms with Crippen molar-refractivity contribution in [1.82, 2.24) is 15.1 Å². The van der Waals surface area contributed by atoms with Crippen molar-refractivity contribution in [3.05, 3.63) is 52.8 Å². The van der Waals surface area contributed by atoms with Crippen molar-refractivity contribution in [2.45, 2.75) is 26.2 Å². The Kier molecular flexibility index (Phi) is 4.38. The number of benzene rings is 1. The Bertz CT molecular complexity index is 543. The topological polar surface area (TPSA) is 29.9 Å². The fourth-order valence-corrected chi connectivity index (χ4v) is 2.59. The van der Waals surface area contributed by atoms with Gasteiger partial charge in [-0.05, 0) is 38.9 Å². The molecule has 1 aromatic heterocycles. The van der Waals surface area contributed by atoms with E-state index in [0.717, 1.165) is 18.7 Å². The lowest BCUT2D eigenvalue weighted by Crippen LogP contribution is -2.20. The molecule has 0 saturated heterocycles. The highest BCUT2D eigenvalue weighted by Gasteiger charge is 2.14. The average molecular weight is 257 g/mol. The van der Waals surface area contributed by atoms with E-state index >= 15 is 0 Å². The molecule has 2 aromatic rings. The van der Waals surface area contributed by atoms with E-state index in [1.165, 1.54) is 16.8 Å². The molecule has 3 heteroatoms. The third kappa shape index (κ3) is 3.44. The molecule has 19 heavy (non-hydrogen) atoms. The van der Waals surface area contributed by atoms with Gasteiger partial charge in [-0.3, -0.25) is 4.68 Å². The van der Waals surface area contributed by atoms with Crippen LogP contribution in [0.1, 0.15) is 28.4 Å². The number of likely N-dealkylation sites (N-methyl/N-ethyl adjacent to an activating group) is 1. The van der Waals surface area contributed by atoms with E-state index < -0.39 is 0 Å². The van der Waals surface area contributed by atoms with Gasteiger partial charge in [-0.2, -0.15) is 5.10 Å². The Morgan fingerprint density at radius 3 is 2.63 bits per heavy atom. The molecule has 0 aliphatic rings. The molecule has 0 aliphatic carbocycles. The zero-order valence-electron chi connectivity index (χ0n) is 12.3. The maximum Gasteiger partial charge on any atom is 0.0596 e. The summed E-state index contributed by atoms with van der Waals surface area (Å²) in [6.07, 6.45) is 1.02. The number of rotatable bonds is 5. The number of hydrogen-bond acceptors (Lipinski definition) is 2. The fraction of sp³-hybridized carbons (Fsp3) is 0.438. The maximum atomic E-state index is 4.43. The van der Waals surface area contributed by atoms with E-state index in [-0.39, 0.29) is 0 Å². The number of nitrogens with zero attached hydrogens (tertiary/aromatic N) is 2. The van der Waals surface area contributed by atoms with Gasteiger partial charge in [-0.15, -0.1) is 0 Å². The highest BCUT2D eigenvalue weighted by atomic mass is 15.3. The van der Waals surface area contributed by atoms with Crippen molar-refractivity contribution in [2.75, 3.05) is 13.6 Å². The second-order valence-electron chi connectivity index (χ2n) is 5.27. The van der Waals surface area contributed by atoms with Gasteiger partial charge in [0, 0.05) is 25.2 Å². The second-order valence-corrected chi connectivity index (χ2v) is 5.27. The van der Waals surface area contributed by atoms with Crippen LogP contribution in [0.2, 0.25) is 0 Å². The summed E-state index contributed by atoms with van der Waals surface area (Å²) in [7, 11) is 4.03. The van der Waals surface area contributed by atoms with Gasteiger partial charge in [-0.25, -0.2) is 0 Å². The van der Waals surface area contributed by atoms with E-state index in [1.807, 2.05) is 25.7 Å². The summed E-state index contributed by atoms with van der Waals surface area (Å²) in [6.45, 7) is 5.17. The predicted octanol–water partition coefficient (Wildman–Crippen LogP) is 2.58. The molecule has 1 unspecified atom stereocenters. The minimum Gasteiger partial charge on any atom is -0.319 e. The van der Waals surface area contributed by atoms with E-state index in [9.17, 15) is 0 Å². The van der Waals surface area contributed by atoms with E-state index in [2.05, 4.69) is 47.7 Å². The van der Waals surface area contributed by atoms with Crippen LogP contribution < -0.4 is 5.32 Å². The molecular weight excluding hydrogens is 234 g/mol. The normalized spacial score (nSPS) is 12.6. The van der Waals surface area contributed by atoms with Gasteiger partial charge in [-0.1, -0.05) is 29.8 Å². The van der Waals surface area contributed by atoms with Gasteiger partial charge in [0.25, 0.3) is 0 Å². The molecule has 1 heterocycles. The van der Waals surface area contributed by atoms with Crippen molar-refractivity contribution in [2.24, 2.45) is 7.05 Å². The van der Waals surface area contributed by atoms with Crippen LogP contribution in [0.3, 0.4) is 0 Å². The van der Waals surface area contributed by atoms with E-state index in [1.54, 1.807) is 0 Å². The first-order chi connectivity index (χ1) is 9.10. The molecular formula is C16H23N3. The lowest BCUT2D eigenvalue weighted by atomic mass is 9.93. The van der Waals surface area contributed by atoms with Gasteiger partial charge in [0.1, 0.15) is 0 Å². The molecule has 1 atom stereocenters. The smallest absolute Gasteiger partial charge is 0.0596 e. The first-order valence-electron chi connectivity index (χ1n) is 6.81. The van der Waals surface area contributed by atoms with Gasteiger partial charge in [0.05, 0.1) is 5.69 Å². The summed E-state index contributed by atoms with van der Waals surface area (Å²) in [5.74, 6) is 0.486. The van der Waals surface area contributed by atoms with Crippen LogP contribution in [0, 0.1) is 13.8 Å². The average Bonchev–Trinajstić information content (AvgIpc) is 2.67. The van der Waals surface area contributed by atoms with E-state index in [4.69, 9.17) is 0 Å². The zero-order valence-corrected chi connectivity index (χ0v) is 12.3. The summed E-state index contributed by atoms with van der Waals surface area (Å²) in [5.41, 5.74) is 5.09. The largest absolute Gasteiger partial charge is 0.319 e. The lowest BCUT2D eigenvalue weighted by Gasteiger charge is -2.17. The van der Waals surface area contributed by atoms with Gasteiger partial charge in [0.2, 0.25) is 0 Å². The number of hydrogen-bond donors (Lipinski definition) is 1. The van der Waals surface area contributed by atoms with Crippen LogP contribution in [0.5, 0.6) is 0 Å². The monoisotopic (exact) mass is 257 g/mol. The molecule has 1 N–H and O–H groups in total. The predicted molar refractivity (Wildman–Crippen MR) is 79.5 cm³/mol. The van der Waals surface area contributed by atoms with Crippen LogP contribution in [0.4, 0.5) is 0 Å². The molecule has 3 nitrogen and oxygen atoms in total. The maximum absolute atomic E-state index is 4.43. The SMILES string of the molecule is CNCC(Cc1cc(C)nn1C)c1cccc(C)c1. The third-order valence-corrected chi connectivity index (χ3v) is 3.52. The lowest BCUT2D eigenvalue weighted by molar-refractivity contribution is 0.590. The molecule has 0 fully saturated rings. The summed E-state index contributed by atoms with van der Waals surface area (Å²) < 4.78 is 1.99. The number of nitrogens with one attached hydrogen (secondary N) is 1. The Morgan fingerprint density at radius 2 is 2.05 bits per heavy atom. The molecule has 0 bridgehead atoms. The molecule has 0 aliphatic heterocycles. The van der Waals surface area contributed by atoms with Crippen molar-refractivity contribution >= 4 is 0 Å². The quantitative estimate of drug-likeness (QED) is 0.892. The molecule has 102 valence electrons. The molecule has 0 amide bonds. The van der Waals surface area contributed by atoms with Crippen molar-refractivity contribution in [3.63, 3.8) is 0 Å². The van der Waals surface area contributed by atoms with E-state index in [0.29, 0.717) is 5.92 Å². The summed E-state index contributed by atoms with van der Waals surface area (Å²) in [6, 6.07) is 11.0. The molecule has 2 rings (SSSR count). The summed E-state index contributed by atoms with van der Waals surface area (Å²) in [5, 5.41) is 7.73. The van der Waals surface area contributed by atoms with Crippen LogP contribution in [0.25, 0.3) is 0 Å². The van der Waals surface area contributed by atoms with Crippen LogP contribution in [-0.2, 0) is 13.5 Å². The van der Waals surface area contributed by atoms with Crippen LogP contribution in [0.15, 0.2) is 30.3 Å². The Hall–Kier alpha value is -1.61. The number of aryl methyl sites for hydroxylation is 3. The molecule has 0 radical (unpaired) electrons. The molecule has 0 spiro atoms. The first-order valence-corrected chi connectivity index (χ1v) is 6.81. The second kappa shape index (κ2) is 6.02. The van der Waals surface area contributed by atoms with Gasteiger partial charge < -0.3 is 5.32 Å². The molecule has 1 aromatic carbocycles. The van der Waals surface area contributed by atoms with Gasteiger partial charge in [0.15, 0.2) is 0 Å². The first kappa shape index (κ1) is 13.8. The fourth-order valence-electron chi connectivity index (χ4n) is 2.59. The number of aromatic nitrogens is 2. The Labute approximate surface area is 115 Å². The third-order valence-electron chi connectivity index (χ3n) is 3.52. The van der Waals surface area contributed by atoms with Crippen molar-refractivity contribution < 1.29 is 0 Å². The van der Waals surface area contributed by atoms with Gasteiger partial charge >= 0.3 is 0 Å². The Morgan fingerprint density at radius 1 is 1.26 bits per heavy atom. The summed E-state index contributed by atoms with van der Waals surface area (Å²) >= 11 is 0. The molecule has 0 saturated carbocycles. The highest BCUT2D eigenvalue weighted by Crippen LogP contribution is 2.21. The van der Waals surface area contributed by atoms with Crippen LogP contribution >= 0.6 is 0 Å². The minimum atomic E-state index is 0.486. The van der Waals surface area contributed by atoms with Crippen molar-refractivity contribution in [3.8, 4) is 0 Å². The van der Waals surface area contributed by atoms with Crippen LogP contribution in [-0.4, -0.2) is 23.4 Å². The highest BCUT2D eigenvalue weighted by molar-refractivity contribution is 5.27. The summed E-state index contributed by atoms with van der Waals surface area (Å²) in [4.78, 5) is 0. The van der Waals surface area contributed by atoms with Crippen molar-refractivity contribution in [1.29, 1.82) is 0 Å². The minimum absolute atomic E-state index is 0.486.